The fourth-order valence-corrected chi connectivity index (χ4v) is 5.14. The first kappa shape index (κ1) is 24.3. The molecular formula is C22H32F2N8O2. The number of carbonyl (C=O) groups is 2. The van der Waals surface area contributed by atoms with E-state index in [1.165, 1.54) is 0 Å². The molecule has 2 fully saturated rings. The van der Waals surface area contributed by atoms with Crippen LogP contribution in [-0.2, 0) is 4.79 Å². The van der Waals surface area contributed by atoms with Crippen LogP contribution in [0.4, 0.5) is 14.6 Å². The van der Waals surface area contributed by atoms with Gasteiger partial charge in [0.25, 0.3) is 5.91 Å². The molecule has 2 aliphatic rings. The molecule has 0 radical (unpaired) electrons. The van der Waals surface area contributed by atoms with Crippen molar-refractivity contribution >= 4 is 23.3 Å². The summed E-state index contributed by atoms with van der Waals surface area (Å²) in [5, 5.41) is 6.94. The SMILES string of the molecule is CCN1CC(F)C(N2CCC(C(=O)N(C)C)CC2)C(NC(=O)c2c(N)nn3cc(F)cnc23)C1. The normalized spacial score (nSPS) is 24.9. The summed E-state index contributed by atoms with van der Waals surface area (Å²) in [6, 6.07) is -1.04. The van der Waals surface area contributed by atoms with Crippen LogP contribution in [0.1, 0.15) is 30.1 Å². The van der Waals surface area contributed by atoms with Gasteiger partial charge in [-0.15, -0.1) is 5.10 Å². The van der Waals surface area contributed by atoms with Crippen LogP contribution in [0.3, 0.4) is 0 Å². The molecule has 4 rings (SSSR count). The van der Waals surface area contributed by atoms with Crippen molar-refractivity contribution in [1.29, 1.82) is 0 Å². The highest BCUT2D eigenvalue weighted by atomic mass is 19.1. The molecule has 3 atom stereocenters. The van der Waals surface area contributed by atoms with Crippen molar-refractivity contribution in [2.24, 2.45) is 5.92 Å². The second kappa shape index (κ2) is 9.79. The van der Waals surface area contributed by atoms with Gasteiger partial charge in [0.15, 0.2) is 17.3 Å². The van der Waals surface area contributed by atoms with Gasteiger partial charge in [0.2, 0.25) is 5.91 Å². The van der Waals surface area contributed by atoms with E-state index in [-0.39, 0.29) is 35.4 Å². The zero-order valence-corrected chi connectivity index (χ0v) is 19.7. The van der Waals surface area contributed by atoms with Crippen molar-refractivity contribution in [3.05, 3.63) is 23.8 Å². The van der Waals surface area contributed by atoms with E-state index in [1.54, 1.807) is 19.0 Å². The Morgan fingerprint density at radius 3 is 2.62 bits per heavy atom. The van der Waals surface area contributed by atoms with Crippen molar-refractivity contribution in [1.82, 2.24) is 34.6 Å². The number of aromatic nitrogens is 3. The second-order valence-corrected chi connectivity index (χ2v) is 9.28. The maximum absolute atomic E-state index is 15.5. The number of nitrogens with one attached hydrogen (secondary N) is 1. The molecular weight excluding hydrogens is 446 g/mol. The smallest absolute Gasteiger partial charge is 0.259 e. The number of anilines is 1. The highest BCUT2D eigenvalue weighted by Gasteiger charge is 2.43. The molecule has 0 spiro atoms. The van der Waals surface area contributed by atoms with Gasteiger partial charge in [-0.25, -0.2) is 18.3 Å². The number of carbonyl (C=O) groups excluding carboxylic acids is 2. The van der Waals surface area contributed by atoms with E-state index in [9.17, 15) is 14.0 Å². The minimum absolute atomic E-state index is 0.0399. The van der Waals surface area contributed by atoms with E-state index in [2.05, 4.69) is 20.3 Å². The van der Waals surface area contributed by atoms with Gasteiger partial charge in [-0.2, -0.15) is 0 Å². The van der Waals surface area contributed by atoms with Crippen molar-refractivity contribution < 1.29 is 18.4 Å². The number of piperidine rings is 2. The summed E-state index contributed by atoms with van der Waals surface area (Å²) in [7, 11) is 3.49. The molecule has 3 N–H and O–H groups in total. The molecule has 0 saturated carbocycles. The third kappa shape index (κ3) is 4.69. The van der Waals surface area contributed by atoms with Gasteiger partial charge in [-0.1, -0.05) is 6.92 Å². The van der Waals surface area contributed by atoms with Gasteiger partial charge in [-0.05, 0) is 32.5 Å². The topological polar surface area (TPSA) is 112 Å². The van der Waals surface area contributed by atoms with Crippen LogP contribution < -0.4 is 11.1 Å². The number of nitrogens with zero attached hydrogens (tertiary/aromatic N) is 6. The first-order chi connectivity index (χ1) is 16.2. The summed E-state index contributed by atoms with van der Waals surface area (Å²) in [4.78, 5) is 35.2. The Labute approximate surface area is 197 Å². The number of hydrogen-bond acceptors (Lipinski definition) is 7. The van der Waals surface area contributed by atoms with Crippen LogP contribution in [0.25, 0.3) is 5.65 Å². The number of likely N-dealkylation sites (tertiary alicyclic amines) is 2. The Kier molecular flexibility index (Phi) is 6.99. The van der Waals surface area contributed by atoms with Crippen LogP contribution >= 0.6 is 0 Å². The molecule has 2 aliphatic heterocycles. The summed E-state index contributed by atoms with van der Waals surface area (Å²) in [6.07, 6.45) is 2.21. The van der Waals surface area contributed by atoms with Crippen molar-refractivity contribution in [3.8, 4) is 0 Å². The summed E-state index contributed by atoms with van der Waals surface area (Å²) < 4.78 is 30.1. The first-order valence-electron chi connectivity index (χ1n) is 11.6. The van der Waals surface area contributed by atoms with Crippen LogP contribution in [0, 0.1) is 11.7 Å². The Bertz CT molecular complexity index is 1050. The van der Waals surface area contributed by atoms with Gasteiger partial charge in [-0.3, -0.25) is 19.4 Å². The van der Waals surface area contributed by atoms with Gasteiger partial charge in [0.1, 0.15) is 11.7 Å². The second-order valence-electron chi connectivity index (χ2n) is 9.28. The maximum atomic E-state index is 15.5. The summed E-state index contributed by atoms with van der Waals surface area (Å²) in [5.41, 5.74) is 6.12. The van der Waals surface area contributed by atoms with Gasteiger partial charge in [0.05, 0.1) is 24.5 Å². The van der Waals surface area contributed by atoms with Crippen LogP contribution in [0.15, 0.2) is 12.4 Å². The Morgan fingerprint density at radius 1 is 1.26 bits per heavy atom. The molecule has 2 aromatic rings. The van der Waals surface area contributed by atoms with E-state index >= 15 is 4.39 Å². The highest BCUT2D eigenvalue weighted by molar-refractivity contribution is 6.04. The summed E-state index contributed by atoms with van der Waals surface area (Å²) in [6.45, 7) is 4.51. The molecule has 10 nitrogen and oxygen atoms in total. The monoisotopic (exact) mass is 478 g/mol. The van der Waals surface area contributed by atoms with Crippen LogP contribution in [0.5, 0.6) is 0 Å². The lowest BCUT2D eigenvalue weighted by molar-refractivity contribution is -0.135. The first-order valence-corrected chi connectivity index (χ1v) is 11.6. The van der Waals surface area contributed by atoms with Crippen molar-refractivity contribution in [2.75, 3.05) is 52.6 Å². The number of nitrogen functional groups attached to an aromatic ring is 1. The van der Waals surface area contributed by atoms with Crippen molar-refractivity contribution in [2.45, 2.75) is 38.0 Å². The number of hydrogen-bond donors (Lipinski definition) is 2. The lowest BCUT2D eigenvalue weighted by atomic mass is 9.89. The molecule has 0 bridgehead atoms. The lowest BCUT2D eigenvalue weighted by Crippen LogP contribution is -2.66. The number of likely N-dealkylation sites (N-methyl/N-ethyl adjacent to an activating group) is 1. The van der Waals surface area contributed by atoms with E-state index in [4.69, 9.17) is 5.73 Å². The molecule has 2 saturated heterocycles. The quantitative estimate of drug-likeness (QED) is 0.640. The van der Waals surface area contributed by atoms with Crippen molar-refractivity contribution in [3.63, 3.8) is 0 Å². The number of amides is 2. The Morgan fingerprint density at radius 2 is 1.97 bits per heavy atom. The fourth-order valence-electron chi connectivity index (χ4n) is 5.14. The summed E-state index contributed by atoms with van der Waals surface area (Å²) >= 11 is 0. The zero-order chi connectivity index (χ0) is 24.6. The predicted molar refractivity (Wildman–Crippen MR) is 122 cm³/mol. The standard InChI is InChI=1S/C22H32F2N8O2/c1-4-30-11-15(24)18(31-7-5-13(6-8-31)22(34)29(2)3)16(12-30)27-21(33)17-19(25)28-32-10-14(23)9-26-20(17)32/h9-10,13,15-16,18H,4-8,11-12H2,1-3H3,(H2,25,28)(H,27,33). The number of nitrogens with two attached hydrogens (primary N) is 1. The number of alkyl halides is 1. The number of halogens is 2. The minimum atomic E-state index is -1.17. The minimum Gasteiger partial charge on any atom is -0.381 e. The molecule has 3 unspecified atom stereocenters. The van der Waals surface area contributed by atoms with E-state index in [0.29, 0.717) is 39.0 Å². The number of fused-ring (bicyclic) bond motifs is 1. The molecule has 2 amide bonds. The molecule has 2 aromatic heterocycles. The highest BCUT2D eigenvalue weighted by Crippen LogP contribution is 2.27. The van der Waals surface area contributed by atoms with Crippen LogP contribution in [-0.4, -0.2) is 106 Å². The third-order valence-corrected chi connectivity index (χ3v) is 6.87. The molecule has 186 valence electrons. The van der Waals surface area contributed by atoms with Gasteiger partial charge < -0.3 is 16.0 Å². The zero-order valence-electron chi connectivity index (χ0n) is 19.7. The fraction of sp³-hybridized carbons (Fsp3) is 0.636. The summed E-state index contributed by atoms with van der Waals surface area (Å²) in [5.74, 6) is -1.18. The predicted octanol–water partition coefficient (Wildman–Crippen LogP) is 0.391. The largest absolute Gasteiger partial charge is 0.381 e. The molecule has 12 heteroatoms. The van der Waals surface area contributed by atoms with E-state index in [0.717, 1.165) is 16.9 Å². The Hall–Kier alpha value is -2.86. The van der Waals surface area contributed by atoms with Gasteiger partial charge >= 0.3 is 0 Å². The molecule has 0 aromatic carbocycles. The maximum Gasteiger partial charge on any atom is 0.259 e. The van der Waals surface area contributed by atoms with Crippen LogP contribution in [0.2, 0.25) is 0 Å². The Balaban J connectivity index is 1.54. The average molecular weight is 479 g/mol. The van der Waals surface area contributed by atoms with E-state index in [1.807, 2.05) is 11.8 Å². The van der Waals surface area contributed by atoms with E-state index < -0.39 is 30.0 Å². The molecule has 34 heavy (non-hydrogen) atoms. The number of rotatable bonds is 5. The molecule has 0 aliphatic carbocycles. The average Bonchev–Trinajstić information content (AvgIpc) is 3.13. The lowest BCUT2D eigenvalue weighted by Gasteiger charge is -2.47. The van der Waals surface area contributed by atoms with Gasteiger partial charge in [0, 0.05) is 33.1 Å². The third-order valence-electron chi connectivity index (χ3n) is 6.87. The molecule has 4 heterocycles.